The molecule has 0 radical (unpaired) electrons. The second kappa shape index (κ2) is 17.6. The van der Waals surface area contributed by atoms with Gasteiger partial charge in [-0.25, -0.2) is 13.1 Å². The molecule has 2 aliphatic heterocycles. The first-order chi connectivity index (χ1) is 24.9. The second-order valence-electron chi connectivity index (χ2n) is 15.4. The number of nitrogens with zero attached hydrogens (tertiary/aromatic N) is 2. The zero-order valence-corrected chi connectivity index (χ0v) is 32.5. The first-order valence-corrected chi connectivity index (χ1v) is 20.5. The molecule has 2 aromatic carbocycles. The van der Waals surface area contributed by atoms with Gasteiger partial charge in [-0.1, -0.05) is 31.0 Å². The Hall–Kier alpha value is -2.74. The molecule has 1 fully saturated rings. The van der Waals surface area contributed by atoms with E-state index in [0.717, 1.165) is 68.5 Å². The number of rotatable bonds is 6. The number of anilines is 1. The van der Waals surface area contributed by atoms with Crippen LogP contribution in [0.5, 0.6) is 5.75 Å². The van der Waals surface area contributed by atoms with Crippen LogP contribution in [-0.4, -0.2) is 108 Å². The number of aliphatic hydroxyl groups is 2. The molecule has 288 valence electrons. The van der Waals surface area contributed by atoms with E-state index in [4.69, 9.17) is 31.3 Å². The summed E-state index contributed by atoms with van der Waals surface area (Å²) >= 11 is 6.40. The lowest BCUT2D eigenvalue weighted by Gasteiger charge is -2.46. The summed E-state index contributed by atoms with van der Waals surface area (Å²) in [5.41, 5.74) is 3.29. The Bertz CT molecular complexity index is 1650. The number of aliphatic hydroxyl groups excluding tert-OH is 2. The number of methoxy groups -OCH3 is 1. The first kappa shape index (κ1) is 40.4. The first-order valence-electron chi connectivity index (χ1n) is 18.5. The highest BCUT2D eigenvalue weighted by Gasteiger charge is 2.45. The average Bonchev–Trinajstić information content (AvgIpc) is 3.25. The van der Waals surface area contributed by atoms with Crippen molar-refractivity contribution in [3.05, 3.63) is 58.1 Å². The molecule has 6 rings (SSSR count). The van der Waals surface area contributed by atoms with E-state index < -0.39 is 21.2 Å². The number of amides is 1. The fourth-order valence-electron chi connectivity index (χ4n) is 8.54. The predicted octanol–water partition coefficient (Wildman–Crippen LogP) is 4.45. The third kappa shape index (κ3) is 8.96. The molecule has 2 heterocycles. The summed E-state index contributed by atoms with van der Waals surface area (Å²) < 4.78 is 41.2. The van der Waals surface area contributed by atoms with Crippen molar-refractivity contribution in [1.82, 2.24) is 9.62 Å². The Morgan fingerprint density at radius 1 is 1.12 bits per heavy atom. The molecular formula is C39H56ClN3O8S. The molecule has 1 spiro atoms. The molecular weight excluding hydrogens is 706 g/mol. The summed E-state index contributed by atoms with van der Waals surface area (Å²) in [7, 11) is 1.06. The van der Waals surface area contributed by atoms with Gasteiger partial charge < -0.3 is 34.3 Å². The summed E-state index contributed by atoms with van der Waals surface area (Å²) in [6.45, 7) is 3.82. The van der Waals surface area contributed by atoms with Crippen molar-refractivity contribution in [2.24, 2.45) is 23.7 Å². The molecule has 13 heteroatoms. The van der Waals surface area contributed by atoms with Gasteiger partial charge in [-0.3, -0.25) is 4.79 Å². The Kier molecular flexibility index (Phi) is 13.7. The highest BCUT2D eigenvalue weighted by atomic mass is 35.5. The van der Waals surface area contributed by atoms with E-state index in [1.807, 2.05) is 27.1 Å². The van der Waals surface area contributed by atoms with E-state index in [9.17, 15) is 18.0 Å². The minimum Gasteiger partial charge on any atom is -0.490 e. The Balaban J connectivity index is 0.000000587. The van der Waals surface area contributed by atoms with Crippen LogP contribution in [0.3, 0.4) is 0 Å². The number of sulfonamides is 1. The Morgan fingerprint density at radius 3 is 2.52 bits per heavy atom. The van der Waals surface area contributed by atoms with Crippen LogP contribution in [-0.2, 0) is 31.4 Å². The number of halogens is 1. The SMILES string of the molecule is CN(C)C(CO)CO.COC[C@@H]1[C@@H](C)CCCC(C=O)[C@@H]2CC[C@H]2CN2C[C@@]3(CCCc4cc(Cl)ccc43)COc3ccc(cc32)C(=O)NS1(=O)=O. The minimum atomic E-state index is -4.04. The second-order valence-corrected chi connectivity index (χ2v) is 17.8. The van der Waals surface area contributed by atoms with Gasteiger partial charge in [0.1, 0.15) is 17.3 Å². The molecule has 0 saturated heterocycles. The summed E-state index contributed by atoms with van der Waals surface area (Å²) in [5.74, 6) is 0.321. The van der Waals surface area contributed by atoms with Crippen LogP contribution in [0.2, 0.25) is 5.02 Å². The molecule has 4 aliphatic rings. The normalized spacial score (nSPS) is 28.7. The van der Waals surface area contributed by atoms with E-state index in [1.54, 1.807) is 23.1 Å². The number of hydrogen-bond acceptors (Lipinski definition) is 10. The third-order valence-electron chi connectivity index (χ3n) is 11.9. The average molecular weight is 762 g/mol. The van der Waals surface area contributed by atoms with Crippen molar-refractivity contribution in [3.63, 3.8) is 0 Å². The van der Waals surface area contributed by atoms with E-state index in [1.165, 1.54) is 18.2 Å². The van der Waals surface area contributed by atoms with Gasteiger partial charge in [0.15, 0.2) is 0 Å². The largest absolute Gasteiger partial charge is 0.490 e. The smallest absolute Gasteiger partial charge is 0.264 e. The molecule has 52 heavy (non-hydrogen) atoms. The lowest BCUT2D eigenvalue weighted by molar-refractivity contribution is -0.115. The monoisotopic (exact) mass is 761 g/mol. The molecule has 2 aliphatic carbocycles. The number of carbonyl (C=O) groups excluding carboxylic acids is 2. The van der Waals surface area contributed by atoms with Crippen molar-refractivity contribution < 1.29 is 37.7 Å². The number of benzene rings is 2. The van der Waals surface area contributed by atoms with Gasteiger partial charge in [-0.05, 0) is 118 Å². The molecule has 1 saturated carbocycles. The minimum absolute atomic E-state index is 0.0174. The van der Waals surface area contributed by atoms with Gasteiger partial charge in [-0.15, -0.1) is 0 Å². The molecule has 6 atom stereocenters. The van der Waals surface area contributed by atoms with Gasteiger partial charge in [0.25, 0.3) is 5.91 Å². The molecule has 3 N–H and O–H groups in total. The fourth-order valence-corrected chi connectivity index (χ4v) is 10.3. The van der Waals surface area contributed by atoms with Gasteiger partial charge in [0, 0.05) is 42.1 Å². The zero-order valence-electron chi connectivity index (χ0n) is 30.9. The molecule has 11 nitrogen and oxygen atoms in total. The molecule has 2 bridgehead atoms. The molecule has 2 aromatic rings. The summed E-state index contributed by atoms with van der Waals surface area (Å²) in [5, 5.41) is 16.8. The highest BCUT2D eigenvalue weighted by Crippen LogP contribution is 2.47. The number of hydrogen-bond donors (Lipinski definition) is 3. The maximum absolute atomic E-state index is 13.5. The number of aryl methyl sites for hydroxylation is 1. The van der Waals surface area contributed by atoms with E-state index >= 15 is 0 Å². The Labute approximate surface area is 314 Å². The quantitative estimate of drug-likeness (QED) is 0.361. The van der Waals surface area contributed by atoms with Crippen LogP contribution < -0.4 is 14.4 Å². The topological polar surface area (TPSA) is 146 Å². The number of nitrogens with one attached hydrogen (secondary N) is 1. The zero-order chi connectivity index (χ0) is 37.6. The van der Waals surface area contributed by atoms with Crippen LogP contribution in [0.15, 0.2) is 36.4 Å². The summed E-state index contributed by atoms with van der Waals surface area (Å²) in [6, 6.07) is 11.3. The van der Waals surface area contributed by atoms with Crippen molar-refractivity contribution in [1.29, 1.82) is 0 Å². The summed E-state index contributed by atoms with van der Waals surface area (Å²) in [4.78, 5) is 30.0. The highest BCUT2D eigenvalue weighted by molar-refractivity contribution is 7.90. The lowest BCUT2D eigenvalue weighted by atomic mass is 9.65. The third-order valence-corrected chi connectivity index (χ3v) is 14.0. The standard InChI is InChI=1S/C34H43ClN2O6S.C5H13NO2/c1-22-5-3-6-26(18-38)28-11-8-25(28)17-37-20-34(14-4-7-23-15-27(35)10-12-29(23)34)21-43-31-13-9-24(16-30(31)37)33(39)36-44(40,41)32(22)19-42-2;1-6(2)5(3-7)4-8/h9-10,12-13,15-16,18,22,25-26,28,32H,3-8,11,14,17,19-21H2,1-2H3,(H,36,39);5,7-8H,3-4H2,1-2H3/t22-,25-,26?,28+,32+,34-;/m0./s1. The number of ether oxygens (including phenoxy) is 2. The summed E-state index contributed by atoms with van der Waals surface area (Å²) in [6.07, 6.45) is 8.21. The van der Waals surface area contributed by atoms with Gasteiger partial charge >= 0.3 is 0 Å². The van der Waals surface area contributed by atoms with E-state index in [0.29, 0.717) is 31.2 Å². The van der Waals surface area contributed by atoms with Crippen LogP contribution in [0.4, 0.5) is 5.69 Å². The van der Waals surface area contributed by atoms with E-state index in [-0.39, 0.29) is 54.6 Å². The molecule has 0 aromatic heterocycles. The van der Waals surface area contributed by atoms with Crippen LogP contribution >= 0.6 is 11.6 Å². The number of fused-ring (bicyclic) bond motifs is 4. The number of carbonyl (C=O) groups is 2. The van der Waals surface area contributed by atoms with Crippen LogP contribution in [0, 0.1) is 23.7 Å². The predicted molar refractivity (Wildman–Crippen MR) is 203 cm³/mol. The lowest BCUT2D eigenvalue weighted by Crippen LogP contribution is -2.49. The van der Waals surface area contributed by atoms with Crippen molar-refractivity contribution in [3.8, 4) is 5.75 Å². The van der Waals surface area contributed by atoms with Crippen LogP contribution in [0.25, 0.3) is 0 Å². The van der Waals surface area contributed by atoms with E-state index in [2.05, 4.69) is 21.8 Å². The maximum atomic E-state index is 13.5. The maximum Gasteiger partial charge on any atom is 0.264 e. The Morgan fingerprint density at radius 2 is 1.88 bits per heavy atom. The van der Waals surface area contributed by atoms with Crippen molar-refractivity contribution in [2.75, 3.05) is 65.6 Å². The number of aldehydes is 1. The van der Waals surface area contributed by atoms with Gasteiger partial charge in [-0.2, -0.15) is 0 Å². The number of likely N-dealkylation sites (N-methyl/N-ethyl adjacent to an activating group) is 1. The van der Waals surface area contributed by atoms with Crippen molar-refractivity contribution >= 4 is 39.5 Å². The van der Waals surface area contributed by atoms with Gasteiger partial charge in [0.2, 0.25) is 10.0 Å². The van der Waals surface area contributed by atoms with Gasteiger partial charge in [0.05, 0.1) is 38.2 Å². The van der Waals surface area contributed by atoms with Crippen molar-refractivity contribution in [2.45, 2.75) is 75.0 Å². The molecule has 1 amide bonds. The molecule has 1 unspecified atom stereocenters. The fraction of sp³-hybridized carbons (Fsp3) is 0.641. The van der Waals surface area contributed by atoms with Crippen LogP contribution in [0.1, 0.15) is 73.4 Å².